The van der Waals surface area contributed by atoms with E-state index in [0.717, 1.165) is 66.1 Å². The monoisotopic (exact) mass is 534 g/mol. The van der Waals surface area contributed by atoms with Crippen LogP contribution in [0, 0.1) is 22.7 Å². The van der Waals surface area contributed by atoms with Gasteiger partial charge < -0.3 is 9.13 Å². The average Bonchev–Trinajstić information content (AvgIpc) is 3.57. The Morgan fingerprint density at radius 1 is 0.357 bits per heavy atom. The number of nitriles is 2. The van der Waals surface area contributed by atoms with Crippen LogP contribution < -0.4 is 0 Å². The molecule has 0 fully saturated rings. The number of para-hydroxylation sites is 4. The van der Waals surface area contributed by atoms with Gasteiger partial charge in [0, 0.05) is 32.7 Å². The third kappa shape index (κ3) is 3.27. The van der Waals surface area contributed by atoms with Crippen molar-refractivity contribution < 1.29 is 0 Å². The van der Waals surface area contributed by atoms with Crippen molar-refractivity contribution >= 4 is 43.6 Å². The Labute approximate surface area is 242 Å². The summed E-state index contributed by atoms with van der Waals surface area (Å²) in [6.07, 6.45) is 0. The van der Waals surface area contributed by atoms with Gasteiger partial charge in [-0.1, -0.05) is 84.9 Å². The maximum atomic E-state index is 10.5. The highest BCUT2D eigenvalue weighted by molar-refractivity contribution is 6.11. The van der Waals surface area contributed by atoms with Crippen molar-refractivity contribution in [1.29, 1.82) is 10.5 Å². The second-order valence-electron chi connectivity index (χ2n) is 10.4. The summed E-state index contributed by atoms with van der Waals surface area (Å²) in [5.74, 6) is 0. The molecule has 0 spiro atoms. The molecule has 6 aromatic carbocycles. The van der Waals surface area contributed by atoms with E-state index in [2.05, 4.69) is 106 Å². The molecule has 4 nitrogen and oxygen atoms in total. The SMILES string of the molecule is N#Cc1cccc(-n2c3ccccc3c3ccccc32)c1-c1c(C#N)cccc1-n1c2ccccc2c2ccccc21. The molecule has 0 saturated heterocycles. The van der Waals surface area contributed by atoms with Gasteiger partial charge in [-0.15, -0.1) is 0 Å². The Kier molecular flexibility index (Phi) is 5.22. The lowest BCUT2D eigenvalue weighted by Crippen LogP contribution is -2.05. The van der Waals surface area contributed by atoms with Crippen molar-refractivity contribution in [3.05, 3.63) is 145 Å². The largest absolute Gasteiger partial charge is 0.309 e. The third-order valence-corrected chi connectivity index (χ3v) is 8.22. The zero-order valence-electron chi connectivity index (χ0n) is 22.5. The van der Waals surface area contributed by atoms with Gasteiger partial charge in [0.25, 0.3) is 0 Å². The molecule has 0 aliphatic carbocycles. The first-order valence-electron chi connectivity index (χ1n) is 13.8. The van der Waals surface area contributed by atoms with Crippen LogP contribution in [0.25, 0.3) is 66.1 Å². The van der Waals surface area contributed by atoms with Crippen molar-refractivity contribution in [2.45, 2.75) is 0 Å². The minimum Gasteiger partial charge on any atom is -0.309 e. The highest BCUT2D eigenvalue weighted by Gasteiger charge is 2.24. The molecular formula is C38H22N4. The van der Waals surface area contributed by atoms with Crippen LogP contribution in [0.2, 0.25) is 0 Å². The Morgan fingerprint density at radius 2 is 0.667 bits per heavy atom. The van der Waals surface area contributed by atoms with E-state index >= 15 is 0 Å². The fraction of sp³-hybridized carbons (Fsp3) is 0. The number of nitrogens with zero attached hydrogens (tertiary/aromatic N) is 4. The average molecular weight is 535 g/mol. The van der Waals surface area contributed by atoms with E-state index in [-0.39, 0.29) is 0 Å². The van der Waals surface area contributed by atoms with Gasteiger partial charge in [0.2, 0.25) is 0 Å². The summed E-state index contributed by atoms with van der Waals surface area (Å²) in [5, 5.41) is 25.6. The molecule has 0 aliphatic heterocycles. The Balaban J connectivity index is 1.56. The molecule has 8 aromatic rings. The van der Waals surface area contributed by atoms with Gasteiger partial charge in [-0.3, -0.25) is 0 Å². The summed E-state index contributed by atoms with van der Waals surface area (Å²) in [5.41, 5.74) is 8.39. The van der Waals surface area contributed by atoms with Gasteiger partial charge in [-0.05, 0) is 48.5 Å². The Morgan fingerprint density at radius 3 is 0.976 bits per heavy atom. The first-order valence-corrected chi connectivity index (χ1v) is 13.8. The van der Waals surface area contributed by atoms with Crippen LogP contribution in [0.3, 0.4) is 0 Å². The standard InChI is InChI=1S/C38H22N4/c39-23-25-11-9-21-35(41-31-17-5-1-13-27(31)28-14-2-6-18-32(28)41)37(25)38-26(24-40)12-10-22-36(38)42-33-19-7-3-15-29(33)30-16-4-8-20-34(30)42/h1-22H. The maximum Gasteiger partial charge on any atom is 0.0999 e. The minimum absolute atomic E-state index is 0.513. The van der Waals surface area contributed by atoms with Crippen LogP contribution in [0.15, 0.2) is 133 Å². The molecule has 0 amide bonds. The fourth-order valence-electron chi connectivity index (χ4n) is 6.53. The van der Waals surface area contributed by atoms with Crippen molar-refractivity contribution in [3.63, 3.8) is 0 Å². The predicted octanol–water partition coefficient (Wildman–Crippen LogP) is 9.29. The summed E-state index contributed by atoms with van der Waals surface area (Å²) >= 11 is 0. The topological polar surface area (TPSA) is 57.4 Å². The van der Waals surface area contributed by atoms with Gasteiger partial charge in [0.05, 0.1) is 56.7 Å². The Bertz CT molecular complexity index is 2160. The lowest BCUT2D eigenvalue weighted by molar-refractivity contribution is 1.15. The summed E-state index contributed by atoms with van der Waals surface area (Å²) in [7, 11) is 0. The molecule has 2 aromatic heterocycles. The van der Waals surface area contributed by atoms with Crippen LogP contribution in [-0.2, 0) is 0 Å². The molecule has 0 saturated carbocycles. The van der Waals surface area contributed by atoms with Crippen LogP contribution in [-0.4, -0.2) is 9.13 Å². The van der Waals surface area contributed by atoms with Crippen molar-refractivity contribution in [1.82, 2.24) is 9.13 Å². The zero-order chi connectivity index (χ0) is 28.2. The second-order valence-corrected chi connectivity index (χ2v) is 10.4. The fourth-order valence-corrected chi connectivity index (χ4v) is 6.53. The highest BCUT2D eigenvalue weighted by atomic mass is 15.0. The van der Waals surface area contributed by atoms with E-state index in [9.17, 15) is 10.5 Å². The second kappa shape index (κ2) is 9.24. The van der Waals surface area contributed by atoms with Crippen LogP contribution in [0.1, 0.15) is 11.1 Å². The van der Waals surface area contributed by atoms with Gasteiger partial charge >= 0.3 is 0 Å². The number of aromatic nitrogens is 2. The number of hydrogen-bond acceptors (Lipinski definition) is 2. The van der Waals surface area contributed by atoms with E-state index in [4.69, 9.17) is 0 Å². The predicted molar refractivity (Wildman–Crippen MR) is 170 cm³/mol. The number of rotatable bonds is 3. The minimum atomic E-state index is 0.513. The highest BCUT2D eigenvalue weighted by Crippen LogP contribution is 2.43. The van der Waals surface area contributed by atoms with Gasteiger partial charge in [-0.2, -0.15) is 10.5 Å². The van der Waals surface area contributed by atoms with Crippen molar-refractivity contribution in [3.8, 4) is 34.6 Å². The van der Waals surface area contributed by atoms with E-state index in [1.54, 1.807) is 0 Å². The van der Waals surface area contributed by atoms with Gasteiger partial charge in [0.15, 0.2) is 0 Å². The van der Waals surface area contributed by atoms with E-state index in [1.807, 2.05) is 48.5 Å². The smallest absolute Gasteiger partial charge is 0.0999 e. The van der Waals surface area contributed by atoms with Crippen LogP contribution >= 0.6 is 0 Å². The van der Waals surface area contributed by atoms with Gasteiger partial charge in [0.1, 0.15) is 0 Å². The Hall–Kier alpha value is -6.10. The molecule has 0 unspecified atom stereocenters. The number of benzene rings is 6. The van der Waals surface area contributed by atoms with Crippen molar-refractivity contribution in [2.24, 2.45) is 0 Å². The summed E-state index contributed by atoms with van der Waals surface area (Å²) in [4.78, 5) is 0. The molecule has 8 rings (SSSR count). The molecule has 4 heteroatoms. The number of fused-ring (bicyclic) bond motifs is 6. The summed E-state index contributed by atoms with van der Waals surface area (Å²) < 4.78 is 4.45. The molecule has 0 aliphatic rings. The lowest BCUT2D eigenvalue weighted by atomic mass is 9.92. The first-order chi connectivity index (χ1) is 20.8. The molecule has 0 N–H and O–H groups in total. The molecule has 2 heterocycles. The van der Waals surface area contributed by atoms with E-state index in [1.165, 1.54) is 0 Å². The number of hydrogen-bond donors (Lipinski definition) is 0. The normalized spacial score (nSPS) is 11.3. The van der Waals surface area contributed by atoms with Crippen LogP contribution in [0.4, 0.5) is 0 Å². The van der Waals surface area contributed by atoms with Crippen molar-refractivity contribution in [2.75, 3.05) is 0 Å². The van der Waals surface area contributed by atoms with Gasteiger partial charge in [-0.25, -0.2) is 0 Å². The first kappa shape index (κ1) is 23.8. The lowest BCUT2D eigenvalue weighted by Gasteiger charge is -2.20. The molecule has 0 atom stereocenters. The molecular weight excluding hydrogens is 512 g/mol. The van der Waals surface area contributed by atoms with E-state index in [0.29, 0.717) is 11.1 Å². The van der Waals surface area contributed by atoms with E-state index < -0.39 is 0 Å². The van der Waals surface area contributed by atoms with Crippen LogP contribution in [0.5, 0.6) is 0 Å². The molecule has 42 heavy (non-hydrogen) atoms. The molecule has 194 valence electrons. The quantitative estimate of drug-likeness (QED) is 0.227. The summed E-state index contributed by atoms with van der Waals surface area (Å²) in [6.45, 7) is 0. The molecule has 0 radical (unpaired) electrons. The third-order valence-electron chi connectivity index (χ3n) is 8.22. The summed E-state index contributed by atoms with van der Waals surface area (Å²) in [6, 6.07) is 49.9. The maximum absolute atomic E-state index is 10.5. The molecule has 0 bridgehead atoms. The zero-order valence-corrected chi connectivity index (χ0v) is 22.5.